The van der Waals surface area contributed by atoms with Gasteiger partial charge in [0.2, 0.25) is 0 Å². The van der Waals surface area contributed by atoms with Crippen molar-refractivity contribution in [2.45, 2.75) is 46.1 Å². The maximum absolute atomic E-state index is 12.3. The molecule has 1 aromatic carbocycles. The van der Waals surface area contributed by atoms with Gasteiger partial charge in [0.25, 0.3) is 0 Å². The molecule has 2 nitrogen and oxygen atoms in total. The molecule has 0 unspecified atom stereocenters. The van der Waals surface area contributed by atoms with Gasteiger partial charge in [0.1, 0.15) is 6.10 Å². The molecule has 20 heavy (non-hydrogen) atoms. The lowest BCUT2D eigenvalue weighted by atomic mass is 9.75. The van der Waals surface area contributed by atoms with Crippen LogP contribution in [0.1, 0.15) is 50.4 Å². The van der Waals surface area contributed by atoms with Crippen LogP contribution in [0.2, 0.25) is 0 Å². The molecule has 2 rings (SSSR count). The van der Waals surface area contributed by atoms with Gasteiger partial charge in [0.05, 0.1) is 5.56 Å². The lowest BCUT2D eigenvalue weighted by Gasteiger charge is -2.36. The largest absolute Gasteiger partial charge is 0.458 e. The summed E-state index contributed by atoms with van der Waals surface area (Å²) >= 11 is 2.24. The van der Waals surface area contributed by atoms with Gasteiger partial charge in [-0.15, -0.1) is 0 Å². The Morgan fingerprint density at radius 1 is 1.25 bits per heavy atom. The average molecular weight is 386 g/mol. The van der Waals surface area contributed by atoms with E-state index in [-0.39, 0.29) is 12.1 Å². The first-order chi connectivity index (χ1) is 9.47. The molecule has 1 aliphatic rings. The second-order valence-electron chi connectivity index (χ2n) is 6.28. The highest BCUT2D eigenvalue weighted by molar-refractivity contribution is 14.1. The van der Waals surface area contributed by atoms with Crippen molar-refractivity contribution in [2.75, 3.05) is 0 Å². The number of rotatable bonds is 3. The molecule has 0 saturated heterocycles. The Labute approximate surface area is 135 Å². The minimum atomic E-state index is -0.175. The van der Waals surface area contributed by atoms with E-state index in [1.54, 1.807) is 0 Å². The zero-order chi connectivity index (χ0) is 14.7. The van der Waals surface area contributed by atoms with Gasteiger partial charge in [-0.3, -0.25) is 0 Å². The Hall–Kier alpha value is -0.580. The van der Waals surface area contributed by atoms with Gasteiger partial charge in [-0.25, -0.2) is 4.79 Å². The Kier molecular flexibility index (Phi) is 5.47. The third kappa shape index (κ3) is 3.96. The van der Waals surface area contributed by atoms with Crippen LogP contribution in [-0.2, 0) is 4.74 Å². The molecule has 1 fully saturated rings. The van der Waals surface area contributed by atoms with E-state index < -0.39 is 0 Å². The third-order valence-electron chi connectivity index (χ3n) is 4.30. The fraction of sp³-hybridized carbons (Fsp3) is 0.588. The van der Waals surface area contributed by atoms with Gasteiger partial charge in [0, 0.05) is 3.57 Å². The molecule has 3 atom stereocenters. The van der Waals surface area contributed by atoms with Crippen LogP contribution in [0.25, 0.3) is 0 Å². The van der Waals surface area contributed by atoms with E-state index in [1.807, 2.05) is 24.3 Å². The van der Waals surface area contributed by atoms with Crippen LogP contribution in [0, 0.1) is 21.3 Å². The number of carbonyl (C=O) groups excluding carboxylic acids is 1. The van der Waals surface area contributed by atoms with E-state index in [0.717, 1.165) is 9.99 Å². The van der Waals surface area contributed by atoms with Gasteiger partial charge in [-0.05, 0) is 77.5 Å². The van der Waals surface area contributed by atoms with Crippen molar-refractivity contribution >= 4 is 28.6 Å². The number of carbonyl (C=O) groups is 1. The number of ether oxygens (including phenoxy) is 1. The molecule has 0 spiro atoms. The van der Waals surface area contributed by atoms with Crippen LogP contribution >= 0.6 is 22.6 Å². The normalized spacial score (nSPS) is 26.6. The average Bonchev–Trinajstić information content (AvgIpc) is 2.39. The monoisotopic (exact) mass is 386 g/mol. The summed E-state index contributed by atoms with van der Waals surface area (Å²) in [6.45, 7) is 6.71. The summed E-state index contributed by atoms with van der Waals surface area (Å²) in [6.07, 6.45) is 3.49. The van der Waals surface area contributed by atoms with Gasteiger partial charge in [-0.1, -0.05) is 27.2 Å². The lowest BCUT2D eigenvalue weighted by Crippen LogP contribution is -2.35. The molecule has 0 bridgehead atoms. The summed E-state index contributed by atoms with van der Waals surface area (Å²) in [5.41, 5.74) is 0.658. The Balaban J connectivity index is 2.05. The highest BCUT2D eigenvalue weighted by Gasteiger charge is 2.33. The van der Waals surface area contributed by atoms with Gasteiger partial charge in [-0.2, -0.15) is 0 Å². The van der Waals surface area contributed by atoms with Crippen molar-refractivity contribution in [3.05, 3.63) is 33.4 Å². The van der Waals surface area contributed by atoms with Crippen molar-refractivity contribution in [1.29, 1.82) is 0 Å². The predicted octanol–water partition coefficient (Wildman–Crippen LogP) is 4.91. The van der Waals surface area contributed by atoms with Crippen molar-refractivity contribution in [3.63, 3.8) is 0 Å². The van der Waals surface area contributed by atoms with E-state index in [2.05, 4.69) is 43.4 Å². The summed E-state index contributed by atoms with van der Waals surface area (Å²) in [7, 11) is 0. The Morgan fingerprint density at radius 3 is 2.50 bits per heavy atom. The van der Waals surface area contributed by atoms with E-state index in [0.29, 0.717) is 23.3 Å². The molecule has 1 aromatic rings. The van der Waals surface area contributed by atoms with Crippen molar-refractivity contribution in [3.8, 4) is 0 Å². The molecule has 110 valence electrons. The zero-order valence-corrected chi connectivity index (χ0v) is 14.6. The molecule has 0 aromatic heterocycles. The highest BCUT2D eigenvalue weighted by Crippen LogP contribution is 2.35. The molecule has 0 amide bonds. The number of esters is 1. The molecule has 0 N–H and O–H groups in total. The maximum atomic E-state index is 12.3. The molecular weight excluding hydrogens is 363 g/mol. The summed E-state index contributed by atoms with van der Waals surface area (Å²) < 4.78 is 6.95. The maximum Gasteiger partial charge on any atom is 0.338 e. The number of hydrogen-bond donors (Lipinski definition) is 0. The summed E-state index contributed by atoms with van der Waals surface area (Å²) in [5, 5.41) is 0. The standard InChI is InChI=1S/C17H23IO2/c1-11(2)15-9-4-12(3)10-16(15)20-17(19)13-5-7-14(18)8-6-13/h5-8,11-12,15-16H,4,9-10H2,1-3H3/t12-,15+,16-/m0/s1. The Morgan fingerprint density at radius 2 is 1.90 bits per heavy atom. The Bertz CT molecular complexity index is 453. The summed E-state index contributed by atoms with van der Waals surface area (Å²) in [5.74, 6) is 1.54. The molecule has 3 heteroatoms. The fourth-order valence-corrected chi connectivity index (χ4v) is 3.40. The third-order valence-corrected chi connectivity index (χ3v) is 5.02. The first-order valence-corrected chi connectivity index (χ1v) is 8.51. The zero-order valence-electron chi connectivity index (χ0n) is 12.4. The molecule has 1 saturated carbocycles. The smallest absolute Gasteiger partial charge is 0.338 e. The SMILES string of the molecule is CC(C)[C@H]1CC[C@H](C)C[C@@H]1OC(=O)c1ccc(I)cc1. The summed E-state index contributed by atoms with van der Waals surface area (Å²) in [6, 6.07) is 7.59. The lowest BCUT2D eigenvalue weighted by molar-refractivity contribution is -0.0174. The van der Waals surface area contributed by atoms with Crippen molar-refractivity contribution in [2.24, 2.45) is 17.8 Å². The van der Waals surface area contributed by atoms with Crippen molar-refractivity contribution < 1.29 is 9.53 Å². The van der Waals surface area contributed by atoms with Crippen LogP contribution in [0.15, 0.2) is 24.3 Å². The fourth-order valence-electron chi connectivity index (χ4n) is 3.04. The second kappa shape index (κ2) is 6.92. The van der Waals surface area contributed by atoms with E-state index in [9.17, 15) is 4.79 Å². The van der Waals surface area contributed by atoms with Crippen LogP contribution in [0.4, 0.5) is 0 Å². The van der Waals surface area contributed by atoms with Crippen molar-refractivity contribution in [1.82, 2.24) is 0 Å². The van der Waals surface area contributed by atoms with E-state index >= 15 is 0 Å². The highest BCUT2D eigenvalue weighted by atomic mass is 127. The van der Waals surface area contributed by atoms with E-state index in [4.69, 9.17) is 4.74 Å². The number of hydrogen-bond acceptors (Lipinski definition) is 2. The molecule has 0 radical (unpaired) electrons. The minimum absolute atomic E-state index is 0.0746. The van der Waals surface area contributed by atoms with Crippen LogP contribution < -0.4 is 0 Å². The molecular formula is C17H23IO2. The van der Waals surface area contributed by atoms with Gasteiger partial charge >= 0.3 is 5.97 Å². The first-order valence-electron chi connectivity index (χ1n) is 7.44. The first kappa shape index (κ1) is 15.8. The van der Waals surface area contributed by atoms with Crippen LogP contribution in [-0.4, -0.2) is 12.1 Å². The molecule has 0 aliphatic heterocycles. The summed E-state index contributed by atoms with van der Waals surface area (Å²) in [4.78, 5) is 12.3. The minimum Gasteiger partial charge on any atom is -0.458 e. The molecule has 0 heterocycles. The molecule has 1 aliphatic carbocycles. The van der Waals surface area contributed by atoms with E-state index in [1.165, 1.54) is 12.8 Å². The number of halogens is 1. The van der Waals surface area contributed by atoms with Gasteiger partial charge in [0.15, 0.2) is 0 Å². The van der Waals surface area contributed by atoms with Crippen LogP contribution in [0.5, 0.6) is 0 Å². The quantitative estimate of drug-likeness (QED) is 0.545. The number of benzene rings is 1. The second-order valence-corrected chi connectivity index (χ2v) is 7.52. The predicted molar refractivity (Wildman–Crippen MR) is 89.7 cm³/mol. The topological polar surface area (TPSA) is 26.3 Å². The van der Waals surface area contributed by atoms with Crippen LogP contribution in [0.3, 0.4) is 0 Å². The van der Waals surface area contributed by atoms with Gasteiger partial charge < -0.3 is 4.74 Å².